The lowest BCUT2D eigenvalue weighted by Crippen LogP contribution is -2.14. The van der Waals surface area contributed by atoms with E-state index in [-0.39, 0.29) is 33.0 Å². The summed E-state index contributed by atoms with van der Waals surface area (Å²) >= 11 is 5.61. The molecule has 5 nitrogen and oxygen atoms in total. The number of aromatic nitrogens is 1. The molecule has 1 heterocycles. The SMILES string of the molecule is Cc1cc(Oc2ccc(NS(=O)(=O)c3ccc(F)c(Cl)c3)c(F)c2)c2cccc(C(F)(F)F)c2n1. The third-order valence-corrected chi connectivity index (χ3v) is 6.50. The van der Waals surface area contributed by atoms with Gasteiger partial charge >= 0.3 is 6.18 Å². The molecule has 12 heteroatoms. The lowest BCUT2D eigenvalue weighted by atomic mass is 10.1. The van der Waals surface area contributed by atoms with Gasteiger partial charge < -0.3 is 4.74 Å². The highest BCUT2D eigenvalue weighted by atomic mass is 35.5. The Hall–Kier alpha value is -3.44. The van der Waals surface area contributed by atoms with E-state index >= 15 is 0 Å². The summed E-state index contributed by atoms with van der Waals surface area (Å²) in [7, 11) is -4.30. The first-order valence-corrected chi connectivity index (χ1v) is 11.6. The number of para-hydroxylation sites is 1. The van der Waals surface area contributed by atoms with Crippen LogP contribution in [0.4, 0.5) is 27.6 Å². The summed E-state index contributed by atoms with van der Waals surface area (Å²) in [5, 5.41) is -0.366. The van der Waals surface area contributed by atoms with Crippen LogP contribution >= 0.6 is 11.6 Å². The molecule has 182 valence electrons. The number of pyridine rings is 1. The third kappa shape index (κ3) is 5.15. The monoisotopic (exact) mass is 528 g/mol. The molecule has 0 aliphatic heterocycles. The van der Waals surface area contributed by atoms with E-state index in [4.69, 9.17) is 16.3 Å². The smallest absolute Gasteiger partial charge is 0.418 e. The normalized spacial score (nSPS) is 12.1. The number of halogens is 6. The third-order valence-electron chi connectivity index (χ3n) is 4.85. The molecule has 1 N–H and O–H groups in total. The maximum atomic E-state index is 14.7. The summed E-state index contributed by atoms with van der Waals surface area (Å²) in [6, 6.07) is 10.8. The minimum Gasteiger partial charge on any atom is -0.456 e. The number of sulfonamides is 1. The Labute approximate surface area is 201 Å². The first-order valence-electron chi connectivity index (χ1n) is 9.78. The van der Waals surface area contributed by atoms with Crippen molar-refractivity contribution in [1.82, 2.24) is 4.98 Å². The van der Waals surface area contributed by atoms with Crippen molar-refractivity contribution in [2.75, 3.05) is 4.72 Å². The lowest BCUT2D eigenvalue weighted by Gasteiger charge is -2.15. The summed E-state index contributed by atoms with van der Waals surface area (Å²) in [6.07, 6.45) is -4.64. The molecule has 0 saturated carbocycles. The van der Waals surface area contributed by atoms with Gasteiger partial charge in [0.15, 0.2) is 5.82 Å². The van der Waals surface area contributed by atoms with Crippen molar-refractivity contribution < 1.29 is 35.1 Å². The number of nitrogens with zero attached hydrogens (tertiary/aromatic N) is 1. The van der Waals surface area contributed by atoms with Crippen LogP contribution in [0.2, 0.25) is 5.02 Å². The zero-order valence-corrected chi connectivity index (χ0v) is 19.2. The van der Waals surface area contributed by atoms with Crippen molar-refractivity contribution in [3.05, 3.63) is 88.6 Å². The molecule has 4 aromatic rings. The molecule has 4 rings (SSSR count). The number of nitrogens with one attached hydrogen (secondary N) is 1. The minimum absolute atomic E-state index is 0.00675. The predicted molar refractivity (Wildman–Crippen MR) is 120 cm³/mol. The standard InChI is InChI=1S/C23H14ClF5N2O3S/c1-12-9-21(15-3-2-4-16(22(15)30-12)23(27,28)29)34-13-5-8-20(19(26)10-13)31-35(32,33)14-6-7-18(25)17(24)11-14/h2-11,31H,1H3. The molecular weight excluding hydrogens is 515 g/mol. The molecule has 0 aliphatic carbocycles. The van der Waals surface area contributed by atoms with Crippen LogP contribution in [0.5, 0.6) is 11.5 Å². The van der Waals surface area contributed by atoms with Crippen LogP contribution < -0.4 is 9.46 Å². The second-order valence-electron chi connectivity index (χ2n) is 7.39. The fraction of sp³-hybridized carbons (Fsp3) is 0.0870. The van der Waals surface area contributed by atoms with Crippen LogP contribution in [0.1, 0.15) is 11.3 Å². The van der Waals surface area contributed by atoms with Crippen LogP contribution in [-0.4, -0.2) is 13.4 Å². The second kappa shape index (κ2) is 8.97. The number of rotatable bonds is 5. The molecule has 0 saturated heterocycles. The Bertz CT molecular complexity index is 1560. The number of fused-ring (bicyclic) bond motifs is 1. The van der Waals surface area contributed by atoms with Crippen molar-refractivity contribution in [1.29, 1.82) is 0 Å². The largest absolute Gasteiger partial charge is 0.456 e. The molecule has 0 spiro atoms. The molecule has 0 radical (unpaired) electrons. The Kier molecular flexibility index (Phi) is 6.32. The molecule has 1 aromatic heterocycles. The molecule has 0 bridgehead atoms. The second-order valence-corrected chi connectivity index (χ2v) is 9.48. The first-order chi connectivity index (χ1) is 16.3. The molecule has 0 aliphatic rings. The van der Waals surface area contributed by atoms with Crippen LogP contribution in [-0.2, 0) is 16.2 Å². The van der Waals surface area contributed by atoms with E-state index in [1.165, 1.54) is 31.2 Å². The predicted octanol–water partition coefficient (Wildman–Crippen LogP) is 7.09. The highest BCUT2D eigenvalue weighted by Crippen LogP contribution is 2.38. The molecule has 0 atom stereocenters. The van der Waals surface area contributed by atoms with Gasteiger partial charge in [0.05, 0.1) is 26.7 Å². The number of ether oxygens (including phenoxy) is 1. The maximum absolute atomic E-state index is 14.7. The van der Waals surface area contributed by atoms with E-state index in [1.807, 2.05) is 4.72 Å². The summed E-state index contributed by atoms with van der Waals surface area (Å²) in [6.45, 7) is 1.49. The topological polar surface area (TPSA) is 68.3 Å². The fourth-order valence-electron chi connectivity index (χ4n) is 3.27. The molecule has 0 unspecified atom stereocenters. The van der Waals surface area contributed by atoms with Gasteiger partial charge in [-0.05, 0) is 49.4 Å². The van der Waals surface area contributed by atoms with Gasteiger partial charge in [-0.15, -0.1) is 0 Å². The minimum atomic E-state index is -4.64. The quantitative estimate of drug-likeness (QED) is 0.281. The van der Waals surface area contributed by atoms with Crippen LogP contribution in [0, 0.1) is 18.6 Å². The van der Waals surface area contributed by atoms with E-state index in [9.17, 15) is 30.4 Å². The number of benzene rings is 3. The Morgan fingerprint density at radius 1 is 0.971 bits per heavy atom. The molecular formula is C23H14ClF5N2O3S. The van der Waals surface area contributed by atoms with Gasteiger partial charge in [-0.2, -0.15) is 13.2 Å². The van der Waals surface area contributed by atoms with Gasteiger partial charge in [-0.25, -0.2) is 17.2 Å². The average molecular weight is 529 g/mol. The van der Waals surface area contributed by atoms with E-state index in [1.54, 1.807) is 0 Å². The van der Waals surface area contributed by atoms with Crippen molar-refractivity contribution in [2.24, 2.45) is 0 Å². The van der Waals surface area contributed by atoms with Gasteiger partial charge in [0.1, 0.15) is 17.3 Å². The summed E-state index contributed by atoms with van der Waals surface area (Å²) in [5.41, 5.74) is -1.46. The Morgan fingerprint density at radius 2 is 1.71 bits per heavy atom. The van der Waals surface area contributed by atoms with E-state index < -0.39 is 44.1 Å². The molecule has 0 amide bonds. The average Bonchev–Trinajstić information content (AvgIpc) is 2.76. The van der Waals surface area contributed by atoms with Crippen molar-refractivity contribution in [3.63, 3.8) is 0 Å². The summed E-state index contributed by atoms with van der Waals surface area (Å²) < 4.78 is 101. The zero-order valence-electron chi connectivity index (χ0n) is 17.6. The van der Waals surface area contributed by atoms with Gasteiger partial charge in [0.2, 0.25) is 0 Å². The van der Waals surface area contributed by atoms with E-state index in [0.717, 1.165) is 36.4 Å². The van der Waals surface area contributed by atoms with Gasteiger partial charge in [-0.1, -0.05) is 17.7 Å². The van der Waals surface area contributed by atoms with E-state index in [0.29, 0.717) is 0 Å². The van der Waals surface area contributed by atoms with E-state index in [2.05, 4.69) is 4.98 Å². The van der Waals surface area contributed by atoms with Crippen LogP contribution in [0.3, 0.4) is 0 Å². The highest BCUT2D eigenvalue weighted by molar-refractivity contribution is 7.92. The van der Waals surface area contributed by atoms with Gasteiger partial charge in [-0.3, -0.25) is 9.71 Å². The Balaban J connectivity index is 1.65. The van der Waals surface area contributed by atoms with Crippen molar-refractivity contribution >= 4 is 38.2 Å². The summed E-state index contributed by atoms with van der Waals surface area (Å²) in [4.78, 5) is 3.59. The van der Waals surface area contributed by atoms with Gasteiger partial charge in [0.25, 0.3) is 10.0 Å². The number of alkyl halides is 3. The number of aryl methyl sites for hydroxylation is 1. The molecule has 35 heavy (non-hydrogen) atoms. The highest BCUT2D eigenvalue weighted by Gasteiger charge is 2.33. The summed E-state index contributed by atoms with van der Waals surface area (Å²) in [5.74, 6) is -1.93. The Morgan fingerprint density at radius 3 is 2.37 bits per heavy atom. The van der Waals surface area contributed by atoms with Crippen LogP contribution in [0.25, 0.3) is 10.9 Å². The van der Waals surface area contributed by atoms with Crippen molar-refractivity contribution in [2.45, 2.75) is 18.0 Å². The molecule has 0 fully saturated rings. The lowest BCUT2D eigenvalue weighted by molar-refractivity contribution is -0.136. The van der Waals surface area contributed by atoms with Crippen LogP contribution in [0.15, 0.2) is 65.6 Å². The van der Waals surface area contributed by atoms with Gasteiger partial charge in [0, 0.05) is 23.2 Å². The molecule has 3 aromatic carbocycles. The zero-order chi connectivity index (χ0) is 25.5. The fourth-order valence-corrected chi connectivity index (χ4v) is 4.61. The number of hydrogen-bond donors (Lipinski definition) is 1. The maximum Gasteiger partial charge on any atom is 0.418 e. The number of hydrogen-bond acceptors (Lipinski definition) is 4. The first kappa shape index (κ1) is 24.7. The van der Waals surface area contributed by atoms with Crippen molar-refractivity contribution in [3.8, 4) is 11.5 Å². The number of anilines is 1.